The highest BCUT2D eigenvalue weighted by molar-refractivity contribution is 7.17. The van der Waals surface area contributed by atoms with Crippen molar-refractivity contribution in [2.24, 2.45) is 7.05 Å². The maximum absolute atomic E-state index is 6.17. The summed E-state index contributed by atoms with van der Waals surface area (Å²) in [5.41, 5.74) is 3.54. The minimum atomic E-state index is 0.284. The van der Waals surface area contributed by atoms with Crippen LogP contribution >= 0.6 is 11.3 Å². The SMILES string of the molecule is CCCc1cn(CCOc2cccc(OC3CCNCC3)c2)c(-c2cc3sccc3n2C)n1. The molecule has 1 N–H and O–H groups in total. The lowest BCUT2D eigenvalue weighted by atomic mass is 10.1. The molecule has 4 aromatic rings. The highest BCUT2D eigenvalue weighted by Crippen LogP contribution is 2.30. The van der Waals surface area contributed by atoms with E-state index in [0.29, 0.717) is 6.61 Å². The van der Waals surface area contributed by atoms with Gasteiger partial charge in [-0.05, 0) is 62.0 Å². The summed E-state index contributed by atoms with van der Waals surface area (Å²) in [4.78, 5) is 4.98. The number of thiophene rings is 1. The molecule has 0 bridgehead atoms. The molecule has 7 heteroatoms. The number of nitrogens with zero attached hydrogens (tertiary/aromatic N) is 3. The average molecular weight is 465 g/mol. The van der Waals surface area contributed by atoms with Crippen LogP contribution in [0.5, 0.6) is 11.5 Å². The fraction of sp³-hybridized carbons (Fsp3) is 0.423. The van der Waals surface area contributed by atoms with Crippen LogP contribution in [0.2, 0.25) is 0 Å². The van der Waals surface area contributed by atoms with E-state index < -0.39 is 0 Å². The predicted molar refractivity (Wildman–Crippen MR) is 134 cm³/mol. The molecule has 6 nitrogen and oxygen atoms in total. The van der Waals surface area contributed by atoms with Crippen LogP contribution in [0.25, 0.3) is 21.7 Å². The van der Waals surface area contributed by atoms with Crippen molar-refractivity contribution in [3.63, 3.8) is 0 Å². The van der Waals surface area contributed by atoms with Gasteiger partial charge < -0.3 is 23.9 Å². The summed E-state index contributed by atoms with van der Waals surface area (Å²) in [7, 11) is 2.12. The maximum Gasteiger partial charge on any atom is 0.157 e. The van der Waals surface area contributed by atoms with E-state index in [2.05, 4.69) is 52.1 Å². The molecule has 0 aliphatic carbocycles. The zero-order chi connectivity index (χ0) is 22.6. The number of ether oxygens (including phenoxy) is 2. The van der Waals surface area contributed by atoms with Crippen LogP contribution in [0.1, 0.15) is 31.9 Å². The molecule has 174 valence electrons. The van der Waals surface area contributed by atoms with Gasteiger partial charge in [-0.2, -0.15) is 0 Å². The van der Waals surface area contributed by atoms with Gasteiger partial charge in [0.15, 0.2) is 5.82 Å². The Morgan fingerprint density at radius 3 is 2.82 bits per heavy atom. The zero-order valence-electron chi connectivity index (χ0n) is 19.4. The lowest BCUT2D eigenvalue weighted by Gasteiger charge is -2.24. The summed E-state index contributed by atoms with van der Waals surface area (Å²) < 4.78 is 18.1. The number of nitrogens with one attached hydrogen (secondary N) is 1. The molecule has 1 aromatic carbocycles. The van der Waals surface area contributed by atoms with Crippen LogP contribution in [0, 0.1) is 0 Å². The molecule has 33 heavy (non-hydrogen) atoms. The number of rotatable bonds is 9. The van der Waals surface area contributed by atoms with Crippen LogP contribution in [0.3, 0.4) is 0 Å². The minimum Gasteiger partial charge on any atom is -0.492 e. The van der Waals surface area contributed by atoms with E-state index in [0.717, 1.165) is 74.0 Å². The number of piperidine rings is 1. The quantitative estimate of drug-likeness (QED) is 0.367. The molecule has 5 rings (SSSR count). The Balaban J connectivity index is 1.28. The number of aromatic nitrogens is 3. The standard InChI is InChI=1S/C26H32N4O2S/c1-3-5-19-18-30(26(28-19)24-17-25-23(29(24)2)10-15-33-25)13-14-31-21-6-4-7-22(16-21)32-20-8-11-27-12-9-20/h4,6-7,10,15-18,20,27H,3,5,8-9,11-14H2,1-2H3. The van der Waals surface area contributed by atoms with Crippen LogP contribution < -0.4 is 14.8 Å². The summed E-state index contributed by atoms with van der Waals surface area (Å²) >= 11 is 1.77. The van der Waals surface area contributed by atoms with Crippen molar-refractivity contribution in [1.29, 1.82) is 0 Å². The maximum atomic E-state index is 6.17. The lowest BCUT2D eigenvalue weighted by Crippen LogP contribution is -2.34. The minimum absolute atomic E-state index is 0.284. The lowest BCUT2D eigenvalue weighted by molar-refractivity contribution is 0.161. The number of hydrogen-bond donors (Lipinski definition) is 1. The highest BCUT2D eigenvalue weighted by atomic mass is 32.1. The second kappa shape index (κ2) is 10.0. The molecular formula is C26H32N4O2S. The Labute approximate surface area is 199 Å². The molecule has 0 radical (unpaired) electrons. The monoisotopic (exact) mass is 464 g/mol. The smallest absolute Gasteiger partial charge is 0.157 e. The summed E-state index contributed by atoms with van der Waals surface area (Å²) in [6.07, 6.45) is 6.62. The van der Waals surface area contributed by atoms with Gasteiger partial charge in [0, 0.05) is 19.3 Å². The molecule has 3 aromatic heterocycles. The van der Waals surface area contributed by atoms with Gasteiger partial charge in [0.05, 0.1) is 28.1 Å². The van der Waals surface area contributed by atoms with Gasteiger partial charge in [0.1, 0.15) is 24.2 Å². The van der Waals surface area contributed by atoms with Crippen molar-refractivity contribution in [2.75, 3.05) is 19.7 Å². The topological polar surface area (TPSA) is 53.2 Å². The molecule has 4 heterocycles. The molecule has 0 atom stereocenters. The molecule has 1 saturated heterocycles. The fourth-order valence-corrected chi connectivity index (χ4v) is 5.34. The summed E-state index contributed by atoms with van der Waals surface area (Å²) in [6, 6.07) is 12.4. The van der Waals surface area contributed by atoms with E-state index >= 15 is 0 Å². The molecular weight excluding hydrogens is 432 g/mol. The fourth-order valence-electron chi connectivity index (χ4n) is 4.49. The zero-order valence-corrected chi connectivity index (χ0v) is 20.2. The van der Waals surface area contributed by atoms with Gasteiger partial charge in [-0.25, -0.2) is 4.98 Å². The van der Waals surface area contributed by atoms with E-state index in [-0.39, 0.29) is 6.10 Å². The van der Waals surface area contributed by atoms with Crippen molar-refractivity contribution in [2.45, 2.75) is 45.3 Å². The Bertz CT molecular complexity index is 1200. The van der Waals surface area contributed by atoms with Crippen LogP contribution in [0.4, 0.5) is 0 Å². The van der Waals surface area contributed by atoms with Gasteiger partial charge in [-0.15, -0.1) is 11.3 Å². The molecule has 1 fully saturated rings. The van der Waals surface area contributed by atoms with Crippen molar-refractivity contribution in [3.05, 3.63) is 53.7 Å². The second-order valence-corrected chi connectivity index (χ2v) is 9.60. The van der Waals surface area contributed by atoms with Crippen molar-refractivity contribution in [1.82, 2.24) is 19.4 Å². The van der Waals surface area contributed by atoms with Gasteiger partial charge in [0.2, 0.25) is 0 Å². The van der Waals surface area contributed by atoms with Crippen molar-refractivity contribution < 1.29 is 9.47 Å². The summed E-state index contributed by atoms with van der Waals surface area (Å²) in [5.74, 6) is 2.74. The third-order valence-corrected chi connectivity index (χ3v) is 7.07. The first kappa shape index (κ1) is 22.0. The third kappa shape index (κ3) is 4.94. The number of aryl methyl sites for hydroxylation is 2. The number of hydrogen-bond acceptors (Lipinski definition) is 5. The van der Waals surface area contributed by atoms with Crippen molar-refractivity contribution in [3.8, 4) is 23.0 Å². The largest absolute Gasteiger partial charge is 0.492 e. The van der Waals surface area contributed by atoms with Gasteiger partial charge in [0.25, 0.3) is 0 Å². The molecule has 1 aliphatic heterocycles. The van der Waals surface area contributed by atoms with Crippen molar-refractivity contribution >= 4 is 21.6 Å². The second-order valence-electron chi connectivity index (χ2n) is 8.65. The van der Waals surface area contributed by atoms with E-state index in [4.69, 9.17) is 14.5 Å². The summed E-state index contributed by atoms with van der Waals surface area (Å²) in [5, 5.41) is 5.52. The predicted octanol–water partition coefficient (Wildman–Crippen LogP) is 5.27. The number of fused-ring (bicyclic) bond motifs is 1. The normalized spacial score (nSPS) is 14.7. The summed E-state index contributed by atoms with van der Waals surface area (Å²) in [6.45, 7) is 5.55. The molecule has 0 unspecified atom stereocenters. The third-order valence-electron chi connectivity index (χ3n) is 6.22. The van der Waals surface area contributed by atoms with Crippen LogP contribution in [0.15, 0.2) is 48.0 Å². The van der Waals surface area contributed by atoms with Gasteiger partial charge in [-0.3, -0.25) is 0 Å². The van der Waals surface area contributed by atoms with E-state index in [1.165, 1.54) is 10.2 Å². The Morgan fingerprint density at radius 1 is 1.15 bits per heavy atom. The average Bonchev–Trinajstić information content (AvgIpc) is 3.52. The Hall–Kier alpha value is -2.77. The molecule has 1 aliphatic rings. The van der Waals surface area contributed by atoms with E-state index in [1.54, 1.807) is 11.3 Å². The van der Waals surface area contributed by atoms with E-state index in [1.807, 2.05) is 24.3 Å². The van der Waals surface area contributed by atoms with Gasteiger partial charge in [-0.1, -0.05) is 19.4 Å². The number of imidazole rings is 1. The number of benzene rings is 1. The molecule has 0 saturated carbocycles. The first-order valence-electron chi connectivity index (χ1n) is 11.9. The first-order chi connectivity index (χ1) is 16.2. The first-order valence-corrected chi connectivity index (χ1v) is 12.8. The Morgan fingerprint density at radius 2 is 2.00 bits per heavy atom. The van der Waals surface area contributed by atoms with Crippen LogP contribution in [-0.4, -0.2) is 39.9 Å². The van der Waals surface area contributed by atoms with Gasteiger partial charge >= 0.3 is 0 Å². The van der Waals surface area contributed by atoms with Crippen LogP contribution in [-0.2, 0) is 20.0 Å². The molecule has 0 spiro atoms. The van der Waals surface area contributed by atoms with E-state index in [9.17, 15) is 0 Å². The molecule has 0 amide bonds. The Kier molecular flexibility index (Phi) is 6.69. The highest BCUT2D eigenvalue weighted by Gasteiger charge is 2.17.